The zero-order valence-electron chi connectivity index (χ0n) is 14.8. The number of fused-ring (bicyclic) bond motifs is 1. The van der Waals surface area contributed by atoms with Crippen molar-refractivity contribution in [3.63, 3.8) is 0 Å². The third-order valence-electron chi connectivity index (χ3n) is 4.42. The Kier molecular flexibility index (Phi) is 6.12. The average Bonchev–Trinajstić information content (AvgIpc) is 3.20. The highest BCUT2D eigenvalue weighted by Gasteiger charge is 2.54. The first-order chi connectivity index (χ1) is 12.9. The maximum atomic E-state index is 13.1. The summed E-state index contributed by atoms with van der Waals surface area (Å²) in [5.41, 5.74) is -0.510. The molecule has 11 heteroatoms. The van der Waals surface area contributed by atoms with Crippen molar-refractivity contribution < 1.29 is 19.1 Å². The summed E-state index contributed by atoms with van der Waals surface area (Å²) in [6.45, 7) is 3.96. The normalized spacial score (nSPS) is 22.1. The summed E-state index contributed by atoms with van der Waals surface area (Å²) in [7, 11) is 0. The molecule has 1 aliphatic rings. The van der Waals surface area contributed by atoms with Crippen molar-refractivity contribution >= 4 is 58.1 Å². The summed E-state index contributed by atoms with van der Waals surface area (Å²) in [5.74, 6) is -0.182. The molecule has 0 aromatic carbocycles. The summed E-state index contributed by atoms with van der Waals surface area (Å²) in [6.07, 6.45) is 1.55. The van der Waals surface area contributed by atoms with Gasteiger partial charge in [0.2, 0.25) is 5.28 Å². The van der Waals surface area contributed by atoms with Gasteiger partial charge in [-0.25, -0.2) is 14.8 Å². The van der Waals surface area contributed by atoms with E-state index in [1.807, 2.05) is 0 Å². The van der Waals surface area contributed by atoms with Crippen LogP contribution in [-0.4, -0.2) is 56.2 Å². The van der Waals surface area contributed by atoms with Gasteiger partial charge in [0.25, 0.3) is 0 Å². The lowest BCUT2D eigenvalue weighted by Gasteiger charge is -2.33. The summed E-state index contributed by atoms with van der Waals surface area (Å²) in [5, 5.41) is 0.0382. The molecule has 0 radical (unpaired) electrons. The van der Waals surface area contributed by atoms with Gasteiger partial charge in [0, 0.05) is 11.7 Å². The molecule has 0 spiro atoms. The first kappa shape index (κ1) is 20.2. The summed E-state index contributed by atoms with van der Waals surface area (Å²) >= 11 is 13.6. The van der Waals surface area contributed by atoms with Gasteiger partial charge in [0.05, 0.1) is 26.0 Å². The Balaban J connectivity index is 2.14. The van der Waals surface area contributed by atoms with Gasteiger partial charge in [-0.1, -0.05) is 11.6 Å². The van der Waals surface area contributed by atoms with Crippen molar-refractivity contribution in [3.8, 4) is 0 Å². The number of esters is 2. The van der Waals surface area contributed by atoms with Crippen LogP contribution in [0.15, 0.2) is 6.33 Å². The number of aromatic nitrogens is 4. The van der Waals surface area contributed by atoms with E-state index in [0.717, 1.165) is 0 Å². The molecule has 27 heavy (non-hydrogen) atoms. The second-order valence-electron chi connectivity index (χ2n) is 5.94. The Morgan fingerprint density at radius 3 is 2.74 bits per heavy atom. The molecule has 3 rings (SSSR count). The fourth-order valence-electron chi connectivity index (χ4n) is 3.24. The highest BCUT2D eigenvalue weighted by molar-refractivity contribution is 7.99. The van der Waals surface area contributed by atoms with Crippen LogP contribution < -0.4 is 0 Å². The van der Waals surface area contributed by atoms with Crippen LogP contribution >= 0.6 is 35.0 Å². The molecule has 2 aromatic rings. The molecule has 1 saturated heterocycles. The lowest BCUT2D eigenvalue weighted by atomic mass is 9.84. The monoisotopic (exact) mass is 432 g/mol. The number of ether oxygens (including phenoxy) is 2. The number of thioether (sulfide) groups is 1. The van der Waals surface area contributed by atoms with Gasteiger partial charge in [0.1, 0.15) is 5.52 Å². The van der Waals surface area contributed by atoms with E-state index in [1.54, 1.807) is 30.2 Å². The molecule has 0 aliphatic carbocycles. The Labute approximate surface area is 169 Å². The molecule has 8 nitrogen and oxygen atoms in total. The molecule has 3 heterocycles. The number of hydrogen-bond donors (Lipinski definition) is 0. The topological polar surface area (TPSA) is 96.2 Å². The number of imidazole rings is 1. The van der Waals surface area contributed by atoms with Gasteiger partial charge in [-0.3, -0.25) is 9.36 Å². The van der Waals surface area contributed by atoms with Crippen LogP contribution in [0, 0.1) is 5.92 Å². The van der Waals surface area contributed by atoms with Crippen molar-refractivity contribution in [1.82, 2.24) is 19.5 Å². The van der Waals surface area contributed by atoms with Gasteiger partial charge in [-0.2, -0.15) is 16.7 Å². The van der Waals surface area contributed by atoms with Gasteiger partial charge in [-0.15, -0.1) is 0 Å². The molecule has 0 amide bonds. The van der Waals surface area contributed by atoms with E-state index in [2.05, 4.69) is 15.0 Å². The van der Waals surface area contributed by atoms with Crippen LogP contribution in [0.5, 0.6) is 0 Å². The number of carbonyl (C=O) groups is 2. The lowest BCUT2D eigenvalue weighted by Crippen LogP contribution is -2.49. The minimum Gasteiger partial charge on any atom is -0.466 e. The fourth-order valence-corrected chi connectivity index (χ4v) is 5.26. The SMILES string of the molecule is CCOC(=O)C[C@@H]1CSC[C@@]1(C(=O)OCC)n1cnc2c(Cl)nc(Cl)nc21. The van der Waals surface area contributed by atoms with Crippen LogP contribution in [0.4, 0.5) is 0 Å². The molecular weight excluding hydrogens is 415 g/mol. The summed E-state index contributed by atoms with van der Waals surface area (Å²) < 4.78 is 12.1. The highest BCUT2D eigenvalue weighted by Crippen LogP contribution is 2.44. The quantitative estimate of drug-likeness (QED) is 0.390. The van der Waals surface area contributed by atoms with E-state index < -0.39 is 11.5 Å². The molecular formula is C16H18Cl2N4O4S. The molecule has 0 N–H and O–H groups in total. The number of halogens is 2. The van der Waals surface area contributed by atoms with E-state index in [-0.39, 0.29) is 42.0 Å². The smallest absolute Gasteiger partial charge is 0.333 e. The van der Waals surface area contributed by atoms with Crippen molar-refractivity contribution in [2.75, 3.05) is 24.7 Å². The second kappa shape index (κ2) is 8.20. The third kappa shape index (κ3) is 3.60. The zero-order valence-corrected chi connectivity index (χ0v) is 17.1. The second-order valence-corrected chi connectivity index (χ2v) is 7.66. The predicted molar refractivity (Wildman–Crippen MR) is 102 cm³/mol. The summed E-state index contributed by atoms with van der Waals surface area (Å²) in [6, 6.07) is 0. The molecule has 1 fully saturated rings. The minimum absolute atomic E-state index is 0.0548. The van der Waals surface area contributed by atoms with E-state index in [4.69, 9.17) is 32.7 Å². The van der Waals surface area contributed by atoms with Crippen molar-refractivity contribution in [2.45, 2.75) is 25.8 Å². The molecule has 146 valence electrons. The molecule has 2 aromatic heterocycles. The van der Waals surface area contributed by atoms with Gasteiger partial charge >= 0.3 is 11.9 Å². The Morgan fingerprint density at radius 2 is 2.04 bits per heavy atom. The summed E-state index contributed by atoms with van der Waals surface area (Å²) in [4.78, 5) is 37.6. The van der Waals surface area contributed by atoms with Crippen molar-refractivity contribution in [2.24, 2.45) is 5.92 Å². The fraction of sp³-hybridized carbons (Fsp3) is 0.562. The number of carbonyl (C=O) groups excluding carboxylic acids is 2. The largest absolute Gasteiger partial charge is 0.466 e. The lowest BCUT2D eigenvalue weighted by molar-refractivity contribution is -0.156. The Hall–Kier alpha value is -1.58. The Morgan fingerprint density at radius 1 is 1.30 bits per heavy atom. The first-order valence-corrected chi connectivity index (χ1v) is 10.3. The number of rotatable bonds is 6. The van der Waals surface area contributed by atoms with E-state index in [1.165, 1.54) is 6.33 Å². The van der Waals surface area contributed by atoms with Crippen LogP contribution in [0.2, 0.25) is 10.4 Å². The Bertz CT molecular complexity index is 877. The average molecular weight is 433 g/mol. The van der Waals surface area contributed by atoms with Crippen LogP contribution in [-0.2, 0) is 24.6 Å². The van der Waals surface area contributed by atoms with E-state index in [9.17, 15) is 9.59 Å². The first-order valence-electron chi connectivity index (χ1n) is 8.41. The van der Waals surface area contributed by atoms with Crippen LogP contribution in [0.3, 0.4) is 0 Å². The van der Waals surface area contributed by atoms with Crippen molar-refractivity contribution in [1.29, 1.82) is 0 Å². The van der Waals surface area contributed by atoms with E-state index >= 15 is 0 Å². The maximum Gasteiger partial charge on any atom is 0.333 e. The van der Waals surface area contributed by atoms with E-state index in [0.29, 0.717) is 22.7 Å². The van der Waals surface area contributed by atoms with Gasteiger partial charge in [-0.05, 0) is 31.2 Å². The van der Waals surface area contributed by atoms with Crippen LogP contribution in [0.1, 0.15) is 20.3 Å². The molecule has 1 aliphatic heterocycles. The number of hydrogen-bond acceptors (Lipinski definition) is 8. The number of nitrogens with zero attached hydrogens (tertiary/aromatic N) is 4. The van der Waals surface area contributed by atoms with Crippen LogP contribution in [0.25, 0.3) is 11.2 Å². The van der Waals surface area contributed by atoms with Gasteiger partial charge < -0.3 is 9.47 Å². The third-order valence-corrected chi connectivity index (χ3v) is 6.13. The zero-order chi connectivity index (χ0) is 19.6. The molecule has 0 unspecified atom stereocenters. The van der Waals surface area contributed by atoms with Gasteiger partial charge in [0.15, 0.2) is 16.3 Å². The molecule has 0 bridgehead atoms. The molecule has 0 saturated carbocycles. The minimum atomic E-state index is -1.16. The van der Waals surface area contributed by atoms with Crippen molar-refractivity contribution in [3.05, 3.63) is 16.8 Å². The predicted octanol–water partition coefficient (Wildman–Crippen LogP) is 2.71. The highest BCUT2D eigenvalue weighted by atomic mass is 35.5. The standard InChI is InChI=1S/C16H18Cl2N4O4S/c1-3-25-10(23)5-9-6-27-7-16(9,14(24)26-4-2)22-8-19-11-12(17)20-15(18)21-13(11)22/h8-9H,3-7H2,1-2H3/t9-,16-/m1/s1. The molecule has 2 atom stereocenters. The maximum absolute atomic E-state index is 13.1.